The number of anilines is 2. The molecule has 2 aromatic heterocycles. The van der Waals surface area contributed by atoms with E-state index in [0.717, 1.165) is 15.8 Å². The van der Waals surface area contributed by atoms with Gasteiger partial charge < -0.3 is 5.32 Å². The number of carbonyl (C=O) groups excluding carboxylic acids is 2. The van der Waals surface area contributed by atoms with Crippen LogP contribution in [-0.2, 0) is 0 Å². The first kappa shape index (κ1) is 17.4. The maximum atomic E-state index is 12.3. The standard InChI is InChI=1S/C20H15N3O2S2/c1-12-4-6-13(7-5-12)18(24)23-20-22-15-11-14(8-9-16(15)27-20)21-19(25)17-3-2-10-26-17/h2-11H,1H3,(H,21,25)(H,22,23,24). The Morgan fingerprint density at radius 3 is 2.52 bits per heavy atom. The summed E-state index contributed by atoms with van der Waals surface area (Å²) in [5, 5.41) is 8.09. The van der Waals surface area contributed by atoms with Crippen molar-refractivity contribution >= 4 is 55.5 Å². The molecule has 0 aliphatic rings. The number of benzene rings is 2. The van der Waals surface area contributed by atoms with Crippen LogP contribution in [0, 0.1) is 6.92 Å². The van der Waals surface area contributed by atoms with E-state index in [2.05, 4.69) is 15.6 Å². The number of nitrogens with one attached hydrogen (secondary N) is 2. The van der Waals surface area contributed by atoms with Crippen LogP contribution in [0.15, 0.2) is 60.0 Å². The van der Waals surface area contributed by atoms with Gasteiger partial charge in [0.25, 0.3) is 11.8 Å². The van der Waals surface area contributed by atoms with E-state index in [9.17, 15) is 9.59 Å². The molecular formula is C20H15N3O2S2. The molecule has 0 bridgehead atoms. The predicted molar refractivity (Wildman–Crippen MR) is 111 cm³/mol. The fraction of sp³-hybridized carbons (Fsp3) is 0.0500. The molecule has 0 radical (unpaired) electrons. The molecular weight excluding hydrogens is 378 g/mol. The van der Waals surface area contributed by atoms with Gasteiger partial charge in [-0.3, -0.25) is 14.9 Å². The van der Waals surface area contributed by atoms with Gasteiger partial charge in [-0.1, -0.05) is 35.1 Å². The van der Waals surface area contributed by atoms with Crippen LogP contribution >= 0.6 is 22.7 Å². The first-order chi connectivity index (χ1) is 13.1. The lowest BCUT2D eigenvalue weighted by atomic mass is 10.1. The second kappa shape index (κ2) is 7.30. The maximum absolute atomic E-state index is 12.3. The minimum absolute atomic E-state index is 0.146. The fourth-order valence-corrected chi connectivity index (χ4v) is 3.99. The first-order valence-electron chi connectivity index (χ1n) is 8.22. The van der Waals surface area contributed by atoms with E-state index in [1.807, 2.05) is 42.6 Å². The second-order valence-electron chi connectivity index (χ2n) is 5.95. The number of hydrogen-bond donors (Lipinski definition) is 2. The Kier molecular flexibility index (Phi) is 4.70. The number of rotatable bonds is 4. The van der Waals surface area contributed by atoms with E-state index in [-0.39, 0.29) is 11.8 Å². The van der Waals surface area contributed by atoms with E-state index < -0.39 is 0 Å². The number of aryl methyl sites for hydroxylation is 1. The van der Waals surface area contributed by atoms with Crippen molar-refractivity contribution in [3.05, 3.63) is 76.0 Å². The van der Waals surface area contributed by atoms with Crippen LogP contribution in [0.5, 0.6) is 0 Å². The molecule has 4 rings (SSSR count). The molecule has 7 heteroatoms. The van der Waals surface area contributed by atoms with Crippen LogP contribution < -0.4 is 10.6 Å². The lowest BCUT2D eigenvalue weighted by Crippen LogP contribution is -2.11. The number of fused-ring (bicyclic) bond motifs is 1. The van der Waals surface area contributed by atoms with Gasteiger partial charge in [0.05, 0.1) is 15.1 Å². The highest BCUT2D eigenvalue weighted by atomic mass is 32.1. The van der Waals surface area contributed by atoms with Gasteiger partial charge in [-0.2, -0.15) is 0 Å². The summed E-state index contributed by atoms with van der Waals surface area (Å²) in [4.78, 5) is 29.6. The van der Waals surface area contributed by atoms with Crippen LogP contribution in [0.25, 0.3) is 10.2 Å². The van der Waals surface area contributed by atoms with Crippen molar-refractivity contribution in [2.45, 2.75) is 6.92 Å². The van der Waals surface area contributed by atoms with Gasteiger partial charge in [0.2, 0.25) is 0 Å². The van der Waals surface area contributed by atoms with Gasteiger partial charge in [-0.05, 0) is 48.7 Å². The minimum Gasteiger partial charge on any atom is -0.321 e. The smallest absolute Gasteiger partial charge is 0.265 e. The van der Waals surface area contributed by atoms with E-state index in [4.69, 9.17) is 0 Å². The molecule has 0 fully saturated rings. The maximum Gasteiger partial charge on any atom is 0.265 e. The Hall–Kier alpha value is -3.03. The molecule has 0 saturated heterocycles. The van der Waals surface area contributed by atoms with Crippen molar-refractivity contribution in [3.63, 3.8) is 0 Å². The number of amides is 2. The van der Waals surface area contributed by atoms with Crippen molar-refractivity contribution in [1.29, 1.82) is 0 Å². The highest BCUT2D eigenvalue weighted by Gasteiger charge is 2.12. The molecule has 134 valence electrons. The zero-order valence-electron chi connectivity index (χ0n) is 14.4. The van der Waals surface area contributed by atoms with E-state index in [0.29, 0.717) is 21.3 Å². The Labute approximate surface area is 163 Å². The van der Waals surface area contributed by atoms with Gasteiger partial charge in [-0.25, -0.2) is 4.98 Å². The van der Waals surface area contributed by atoms with Crippen LogP contribution in [0.3, 0.4) is 0 Å². The van der Waals surface area contributed by atoms with Crippen molar-refractivity contribution < 1.29 is 9.59 Å². The molecule has 5 nitrogen and oxygen atoms in total. The summed E-state index contributed by atoms with van der Waals surface area (Å²) in [5.41, 5.74) is 3.08. The number of carbonyl (C=O) groups is 2. The summed E-state index contributed by atoms with van der Waals surface area (Å²) in [6.45, 7) is 1.98. The molecule has 2 aromatic carbocycles. The highest BCUT2D eigenvalue weighted by molar-refractivity contribution is 7.22. The van der Waals surface area contributed by atoms with Crippen molar-refractivity contribution in [1.82, 2.24) is 4.98 Å². The zero-order chi connectivity index (χ0) is 18.8. The van der Waals surface area contributed by atoms with Crippen molar-refractivity contribution in [3.8, 4) is 0 Å². The molecule has 0 saturated carbocycles. The van der Waals surface area contributed by atoms with Gasteiger partial charge in [-0.15, -0.1) is 11.3 Å². The molecule has 4 aromatic rings. The average molecular weight is 393 g/mol. The Morgan fingerprint density at radius 2 is 1.78 bits per heavy atom. The first-order valence-corrected chi connectivity index (χ1v) is 9.91. The molecule has 2 N–H and O–H groups in total. The van der Waals surface area contributed by atoms with Gasteiger partial charge in [0.1, 0.15) is 0 Å². The Bertz CT molecular complexity index is 1120. The topological polar surface area (TPSA) is 71.1 Å². The number of thiazole rings is 1. The molecule has 2 heterocycles. The summed E-state index contributed by atoms with van der Waals surface area (Å²) in [6.07, 6.45) is 0. The highest BCUT2D eigenvalue weighted by Crippen LogP contribution is 2.28. The quantitative estimate of drug-likeness (QED) is 0.502. The molecule has 0 atom stereocenters. The summed E-state index contributed by atoms with van der Waals surface area (Å²) in [7, 11) is 0. The Balaban J connectivity index is 1.51. The molecule has 2 amide bonds. The van der Waals surface area contributed by atoms with E-state index in [1.165, 1.54) is 22.7 Å². The third-order valence-corrected chi connectivity index (χ3v) is 5.75. The van der Waals surface area contributed by atoms with E-state index in [1.54, 1.807) is 24.3 Å². The molecule has 0 aliphatic heterocycles. The summed E-state index contributed by atoms with van der Waals surface area (Å²) >= 11 is 2.79. The second-order valence-corrected chi connectivity index (χ2v) is 7.93. The summed E-state index contributed by atoms with van der Waals surface area (Å²) in [6, 6.07) is 16.5. The molecule has 0 unspecified atom stereocenters. The summed E-state index contributed by atoms with van der Waals surface area (Å²) in [5.74, 6) is -0.340. The normalized spacial score (nSPS) is 10.7. The van der Waals surface area contributed by atoms with Crippen molar-refractivity contribution in [2.24, 2.45) is 0 Å². The van der Waals surface area contributed by atoms with Gasteiger partial charge in [0.15, 0.2) is 5.13 Å². The fourth-order valence-electron chi connectivity index (χ4n) is 2.53. The number of aromatic nitrogens is 1. The molecule has 0 aliphatic carbocycles. The zero-order valence-corrected chi connectivity index (χ0v) is 16.0. The van der Waals surface area contributed by atoms with Gasteiger partial charge >= 0.3 is 0 Å². The largest absolute Gasteiger partial charge is 0.321 e. The van der Waals surface area contributed by atoms with Crippen LogP contribution in [0.4, 0.5) is 10.8 Å². The van der Waals surface area contributed by atoms with Gasteiger partial charge in [0, 0.05) is 11.3 Å². The Morgan fingerprint density at radius 1 is 0.963 bits per heavy atom. The SMILES string of the molecule is Cc1ccc(C(=O)Nc2nc3cc(NC(=O)c4cccs4)ccc3s2)cc1. The number of thiophene rings is 1. The molecule has 0 spiro atoms. The number of hydrogen-bond acceptors (Lipinski definition) is 5. The monoisotopic (exact) mass is 393 g/mol. The van der Waals surface area contributed by atoms with Crippen LogP contribution in [0.1, 0.15) is 25.6 Å². The minimum atomic E-state index is -0.194. The van der Waals surface area contributed by atoms with Crippen LogP contribution in [-0.4, -0.2) is 16.8 Å². The third-order valence-electron chi connectivity index (χ3n) is 3.92. The number of nitrogens with zero attached hydrogens (tertiary/aromatic N) is 1. The van der Waals surface area contributed by atoms with Crippen molar-refractivity contribution in [2.75, 3.05) is 10.6 Å². The summed E-state index contributed by atoms with van der Waals surface area (Å²) < 4.78 is 0.934. The predicted octanol–water partition coefficient (Wildman–Crippen LogP) is 5.17. The lowest BCUT2D eigenvalue weighted by molar-refractivity contribution is 0.102. The van der Waals surface area contributed by atoms with Crippen LogP contribution in [0.2, 0.25) is 0 Å². The lowest BCUT2D eigenvalue weighted by Gasteiger charge is -2.02. The van der Waals surface area contributed by atoms with E-state index >= 15 is 0 Å². The molecule has 27 heavy (non-hydrogen) atoms. The third kappa shape index (κ3) is 3.89. The average Bonchev–Trinajstić information content (AvgIpc) is 3.31.